The lowest BCUT2D eigenvalue weighted by atomic mass is 9.88. The number of amidine groups is 1. The van der Waals surface area contributed by atoms with Gasteiger partial charge in [0.15, 0.2) is 0 Å². The normalized spacial score (nSPS) is 20.7. The maximum atomic E-state index is 5.31. The van der Waals surface area contributed by atoms with Gasteiger partial charge in [0.1, 0.15) is 18.2 Å². The van der Waals surface area contributed by atoms with Crippen LogP contribution in [-0.4, -0.2) is 5.84 Å². The summed E-state index contributed by atoms with van der Waals surface area (Å²) in [5.41, 5.74) is 10.3. The van der Waals surface area contributed by atoms with Gasteiger partial charge < -0.3 is 5.32 Å². The van der Waals surface area contributed by atoms with E-state index in [2.05, 4.69) is 156 Å². The van der Waals surface area contributed by atoms with Gasteiger partial charge in [0.05, 0.1) is 0 Å². The molecule has 5 aromatic carbocycles. The number of aliphatic imine (C=N–C) groups is 1. The van der Waals surface area contributed by atoms with Gasteiger partial charge in [0, 0.05) is 31.7 Å². The lowest BCUT2D eigenvalue weighted by Crippen LogP contribution is -2.45. The summed E-state index contributed by atoms with van der Waals surface area (Å²) in [5, 5.41) is 10.3. The highest BCUT2D eigenvalue weighted by Gasteiger charge is 2.27. The number of hydrogen-bond acceptors (Lipinski definition) is 4. The zero-order chi connectivity index (χ0) is 31.2. The Morgan fingerprint density at radius 1 is 0.681 bits per heavy atom. The number of benzene rings is 5. The monoisotopic (exact) mass is 625 g/mol. The molecule has 4 heteroatoms. The van der Waals surface area contributed by atoms with Crippen LogP contribution in [0.25, 0.3) is 31.8 Å². The first kappa shape index (κ1) is 28.2. The minimum atomic E-state index is -0.184. The van der Waals surface area contributed by atoms with Gasteiger partial charge in [-0.1, -0.05) is 133 Å². The fourth-order valence-electron chi connectivity index (χ4n) is 7.28. The Hall–Kier alpha value is -5.03. The third kappa shape index (κ3) is 5.44. The highest BCUT2D eigenvalue weighted by molar-refractivity contribution is 7.25. The Balaban J connectivity index is 1.07. The molecule has 3 unspecified atom stereocenters. The van der Waals surface area contributed by atoms with Gasteiger partial charge >= 0.3 is 0 Å². The molecule has 0 bridgehead atoms. The van der Waals surface area contributed by atoms with E-state index in [9.17, 15) is 0 Å². The molecule has 228 valence electrons. The molecule has 0 saturated carbocycles. The van der Waals surface area contributed by atoms with Crippen LogP contribution in [0.1, 0.15) is 64.5 Å². The molecule has 0 amide bonds. The van der Waals surface area contributed by atoms with E-state index < -0.39 is 0 Å². The van der Waals surface area contributed by atoms with E-state index in [1.165, 1.54) is 53.6 Å². The van der Waals surface area contributed by atoms with Gasteiger partial charge in [-0.25, -0.2) is 4.99 Å². The maximum Gasteiger partial charge on any atom is 0.131 e. The molecule has 6 aromatic rings. The van der Waals surface area contributed by atoms with E-state index >= 15 is 0 Å². The lowest BCUT2D eigenvalue weighted by molar-refractivity contribution is 0.409. The number of fused-ring (bicyclic) bond motifs is 4. The molecule has 2 aliphatic carbocycles. The van der Waals surface area contributed by atoms with Crippen LogP contribution in [0.4, 0.5) is 0 Å². The number of rotatable bonds is 5. The molecule has 3 aliphatic rings. The van der Waals surface area contributed by atoms with Crippen LogP contribution >= 0.6 is 11.3 Å². The Morgan fingerprint density at radius 3 is 2.38 bits per heavy atom. The molecular formula is C43H35N3S. The quantitative estimate of drug-likeness (QED) is 0.200. The van der Waals surface area contributed by atoms with Crippen molar-refractivity contribution in [3.8, 4) is 0 Å². The molecular weight excluding hydrogens is 591 g/mol. The van der Waals surface area contributed by atoms with Gasteiger partial charge in [-0.05, 0) is 70.3 Å². The van der Waals surface area contributed by atoms with Crippen LogP contribution < -0.4 is 10.6 Å². The smallest absolute Gasteiger partial charge is 0.131 e. The maximum absolute atomic E-state index is 5.31. The fourth-order valence-corrected chi connectivity index (χ4v) is 8.44. The standard InChI is InChI=1S/C43H35N3S/c1-2-9-28(10-3-1)33-13-8-14-35(26-33)42-44-41(31-20-17-30(18-21-31)34-22-19-29-11-4-5-12-32(29)25-34)45-43(46-42)36-23-24-38-37-15-6-7-16-39(37)47-40(38)27-36/h1-12,14-18,20-21,23-27,33,41,43,45H,13,19,22H2,(H,44,46). The van der Waals surface area contributed by atoms with E-state index in [1.807, 2.05) is 11.3 Å². The lowest BCUT2D eigenvalue weighted by Gasteiger charge is -2.33. The van der Waals surface area contributed by atoms with Crippen molar-refractivity contribution in [3.63, 3.8) is 0 Å². The van der Waals surface area contributed by atoms with Crippen molar-refractivity contribution >= 4 is 49.0 Å². The van der Waals surface area contributed by atoms with E-state index in [0.29, 0.717) is 5.92 Å². The van der Waals surface area contributed by atoms with Crippen molar-refractivity contribution < 1.29 is 0 Å². The largest absolute Gasteiger partial charge is 0.350 e. The third-order valence-corrected chi connectivity index (χ3v) is 10.9. The second-order valence-corrected chi connectivity index (χ2v) is 13.8. The van der Waals surface area contributed by atoms with Crippen LogP contribution in [0.2, 0.25) is 0 Å². The van der Waals surface area contributed by atoms with Gasteiger partial charge in [-0.3, -0.25) is 5.32 Å². The Labute approximate surface area is 279 Å². The number of aryl methyl sites for hydroxylation is 1. The van der Waals surface area contributed by atoms with E-state index in [0.717, 1.165) is 36.2 Å². The Morgan fingerprint density at radius 2 is 1.47 bits per heavy atom. The van der Waals surface area contributed by atoms with Crippen LogP contribution in [0.15, 0.2) is 150 Å². The van der Waals surface area contributed by atoms with E-state index in [1.54, 1.807) is 0 Å². The van der Waals surface area contributed by atoms with Gasteiger partial charge in [0.25, 0.3) is 0 Å². The van der Waals surface area contributed by atoms with Crippen molar-refractivity contribution in [2.45, 2.75) is 37.5 Å². The molecule has 0 fully saturated rings. The summed E-state index contributed by atoms with van der Waals surface area (Å²) in [5.74, 6) is 1.26. The van der Waals surface area contributed by atoms with Gasteiger partial charge in [-0.2, -0.15) is 0 Å². The first-order valence-corrected chi connectivity index (χ1v) is 17.4. The van der Waals surface area contributed by atoms with Crippen molar-refractivity contribution in [2.24, 2.45) is 4.99 Å². The van der Waals surface area contributed by atoms with Crippen molar-refractivity contribution in [3.05, 3.63) is 179 Å². The molecule has 2 heterocycles. The molecule has 0 spiro atoms. The summed E-state index contributed by atoms with van der Waals surface area (Å²) >= 11 is 1.86. The van der Waals surface area contributed by atoms with E-state index in [4.69, 9.17) is 4.99 Å². The van der Waals surface area contributed by atoms with Crippen molar-refractivity contribution in [1.29, 1.82) is 0 Å². The highest BCUT2D eigenvalue weighted by Crippen LogP contribution is 2.37. The zero-order valence-electron chi connectivity index (χ0n) is 26.1. The SMILES string of the molecule is C1=CC(C2=NC(c3ccc(C4=Cc5ccccc5CC4)cc3)NC(c3ccc4c(c3)sc3ccccc34)N2)=CC(c2ccccc2)C1. The number of thiophene rings is 1. The van der Waals surface area contributed by atoms with Crippen LogP contribution in [-0.2, 0) is 6.42 Å². The third-order valence-electron chi connectivity index (χ3n) is 9.81. The first-order chi connectivity index (χ1) is 23.2. The molecule has 0 saturated heterocycles. The fraction of sp³-hybridized carbons (Fsp3) is 0.140. The molecule has 3 atom stereocenters. The Bertz CT molecular complexity index is 2240. The van der Waals surface area contributed by atoms with Gasteiger partial charge in [-0.15, -0.1) is 11.3 Å². The molecule has 47 heavy (non-hydrogen) atoms. The summed E-state index contributed by atoms with van der Waals surface area (Å²) in [6, 6.07) is 44.2. The summed E-state index contributed by atoms with van der Waals surface area (Å²) in [7, 11) is 0. The number of hydrogen-bond donors (Lipinski definition) is 2. The molecule has 9 rings (SSSR count). The number of nitrogens with zero attached hydrogens (tertiary/aromatic N) is 1. The van der Waals surface area contributed by atoms with E-state index in [-0.39, 0.29) is 12.3 Å². The van der Waals surface area contributed by atoms with Gasteiger partial charge in [0.2, 0.25) is 0 Å². The summed E-state index contributed by atoms with van der Waals surface area (Å²) < 4.78 is 2.63. The molecule has 3 nitrogen and oxygen atoms in total. The molecule has 0 radical (unpaired) electrons. The minimum Gasteiger partial charge on any atom is -0.350 e. The summed E-state index contributed by atoms with van der Waals surface area (Å²) in [6.07, 6.45) is 12.1. The predicted molar refractivity (Wildman–Crippen MR) is 199 cm³/mol. The average Bonchev–Trinajstić information content (AvgIpc) is 3.53. The Kier molecular flexibility index (Phi) is 7.18. The molecule has 2 N–H and O–H groups in total. The van der Waals surface area contributed by atoms with Crippen molar-refractivity contribution in [2.75, 3.05) is 0 Å². The number of nitrogens with one attached hydrogen (secondary N) is 2. The average molecular weight is 626 g/mol. The zero-order valence-corrected chi connectivity index (χ0v) is 26.9. The highest BCUT2D eigenvalue weighted by atomic mass is 32.1. The van der Waals surface area contributed by atoms with Crippen molar-refractivity contribution in [1.82, 2.24) is 10.6 Å². The second-order valence-electron chi connectivity index (χ2n) is 12.7. The van der Waals surface area contributed by atoms with Crippen LogP contribution in [0.3, 0.4) is 0 Å². The molecule has 1 aliphatic heterocycles. The number of allylic oxidation sites excluding steroid dienone is 3. The van der Waals surface area contributed by atoms with Crippen LogP contribution in [0.5, 0.6) is 0 Å². The second kappa shape index (κ2) is 12.0. The summed E-state index contributed by atoms with van der Waals surface area (Å²) in [6.45, 7) is 0. The topological polar surface area (TPSA) is 36.4 Å². The predicted octanol–water partition coefficient (Wildman–Crippen LogP) is 10.5. The molecule has 1 aromatic heterocycles. The minimum absolute atomic E-state index is 0.0919. The summed E-state index contributed by atoms with van der Waals surface area (Å²) in [4.78, 5) is 5.31. The first-order valence-electron chi connectivity index (χ1n) is 16.6. The van der Waals surface area contributed by atoms with Crippen LogP contribution in [0, 0.1) is 0 Å².